The number of urea groups is 1. The molecule has 1 saturated carbocycles. The molecule has 0 radical (unpaired) electrons. The van der Waals surface area contributed by atoms with Crippen molar-refractivity contribution in [2.75, 3.05) is 19.6 Å². The summed E-state index contributed by atoms with van der Waals surface area (Å²) in [6, 6.07) is -0.218. The summed E-state index contributed by atoms with van der Waals surface area (Å²) in [5, 5.41) is 2.92. The Morgan fingerprint density at radius 1 is 1.32 bits per heavy atom. The number of piperidine rings is 1. The maximum Gasteiger partial charge on any atom is 0.317 e. The van der Waals surface area contributed by atoms with Gasteiger partial charge in [-0.1, -0.05) is 0 Å². The topological polar surface area (TPSA) is 50.2 Å². The van der Waals surface area contributed by atoms with Crippen molar-refractivity contribution in [3.63, 3.8) is 0 Å². The molecule has 22 heavy (non-hydrogen) atoms. The van der Waals surface area contributed by atoms with Crippen LogP contribution in [0.25, 0.3) is 0 Å². The standard InChI is InChI=1S/C15H22F2N4O/c1-12-18-6-9-21(12)11-14(2-3-14)10-19-13(22)20-7-4-15(16,17)5-8-20/h6,9H,2-5,7-8,10-11H2,1H3,(H,19,22). The lowest BCUT2D eigenvalue weighted by Gasteiger charge is -2.32. The third kappa shape index (κ3) is 3.39. The van der Waals surface area contributed by atoms with E-state index in [1.165, 1.54) is 4.90 Å². The van der Waals surface area contributed by atoms with Crippen LogP contribution in [0.2, 0.25) is 0 Å². The van der Waals surface area contributed by atoms with Gasteiger partial charge in [-0.25, -0.2) is 18.6 Å². The lowest BCUT2D eigenvalue weighted by Crippen LogP contribution is -2.48. The normalized spacial score (nSPS) is 22.4. The number of aryl methyl sites for hydroxylation is 1. The zero-order chi connectivity index (χ0) is 15.8. The molecule has 1 aromatic rings. The molecule has 2 aliphatic rings. The van der Waals surface area contributed by atoms with E-state index in [1.807, 2.05) is 13.1 Å². The molecule has 7 heteroatoms. The number of hydrogen-bond acceptors (Lipinski definition) is 2. The zero-order valence-electron chi connectivity index (χ0n) is 12.8. The first-order valence-electron chi connectivity index (χ1n) is 7.78. The monoisotopic (exact) mass is 312 g/mol. The van der Waals surface area contributed by atoms with E-state index in [0.29, 0.717) is 6.54 Å². The average molecular weight is 312 g/mol. The minimum atomic E-state index is -2.62. The van der Waals surface area contributed by atoms with Gasteiger partial charge in [-0.15, -0.1) is 0 Å². The summed E-state index contributed by atoms with van der Waals surface area (Å²) in [6.07, 6.45) is 5.40. The predicted octanol–water partition coefficient (Wildman–Crippen LogP) is 2.41. The van der Waals surface area contributed by atoms with Crippen molar-refractivity contribution in [3.05, 3.63) is 18.2 Å². The number of rotatable bonds is 4. The molecule has 5 nitrogen and oxygen atoms in total. The molecule has 1 aliphatic heterocycles. The summed E-state index contributed by atoms with van der Waals surface area (Å²) in [6.45, 7) is 3.66. The molecule has 1 saturated heterocycles. The third-order valence-corrected chi connectivity index (χ3v) is 4.78. The number of likely N-dealkylation sites (tertiary alicyclic amines) is 1. The third-order valence-electron chi connectivity index (χ3n) is 4.78. The number of imidazole rings is 1. The van der Waals surface area contributed by atoms with Crippen LogP contribution in [0.1, 0.15) is 31.5 Å². The van der Waals surface area contributed by atoms with Gasteiger partial charge in [0, 0.05) is 56.8 Å². The second kappa shape index (κ2) is 5.52. The van der Waals surface area contributed by atoms with Crippen LogP contribution >= 0.6 is 0 Å². The number of carbonyl (C=O) groups excluding carboxylic acids is 1. The van der Waals surface area contributed by atoms with E-state index in [-0.39, 0.29) is 37.4 Å². The fraction of sp³-hybridized carbons (Fsp3) is 0.733. The van der Waals surface area contributed by atoms with Crippen LogP contribution in [-0.2, 0) is 6.54 Å². The Balaban J connectivity index is 1.48. The van der Waals surface area contributed by atoms with Crippen LogP contribution in [0.3, 0.4) is 0 Å². The Labute approximate surface area is 128 Å². The minimum Gasteiger partial charge on any atom is -0.337 e. The molecular weight excluding hydrogens is 290 g/mol. The first kappa shape index (κ1) is 15.2. The largest absolute Gasteiger partial charge is 0.337 e. The SMILES string of the molecule is Cc1nccn1CC1(CNC(=O)N2CCC(F)(F)CC2)CC1. The number of nitrogens with one attached hydrogen (secondary N) is 1. The highest BCUT2D eigenvalue weighted by molar-refractivity contribution is 5.74. The van der Waals surface area contributed by atoms with Crippen molar-refractivity contribution in [3.8, 4) is 0 Å². The van der Waals surface area contributed by atoms with Gasteiger partial charge in [0.05, 0.1) is 0 Å². The number of carbonyl (C=O) groups is 1. The molecule has 0 unspecified atom stereocenters. The molecule has 122 valence electrons. The summed E-state index contributed by atoms with van der Waals surface area (Å²) < 4.78 is 28.3. The van der Waals surface area contributed by atoms with E-state index >= 15 is 0 Å². The van der Waals surface area contributed by atoms with Gasteiger partial charge in [-0.2, -0.15) is 0 Å². The van der Waals surface area contributed by atoms with Crippen molar-refractivity contribution in [2.24, 2.45) is 5.41 Å². The van der Waals surface area contributed by atoms with Gasteiger partial charge in [0.15, 0.2) is 0 Å². The van der Waals surface area contributed by atoms with E-state index in [1.54, 1.807) is 6.20 Å². The summed E-state index contributed by atoms with van der Waals surface area (Å²) in [4.78, 5) is 17.8. The number of aromatic nitrogens is 2. The van der Waals surface area contributed by atoms with E-state index in [4.69, 9.17) is 0 Å². The van der Waals surface area contributed by atoms with Crippen LogP contribution in [0.4, 0.5) is 13.6 Å². The second-order valence-electron chi connectivity index (χ2n) is 6.60. The average Bonchev–Trinajstić information content (AvgIpc) is 3.13. The Bertz CT molecular complexity index is 543. The van der Waals surface area contributed by atoms with E-state index in [9.17, 15) is 13.6 Å². The first-order valence-corrected chi connectivity index (χ1v) is 7.78. The highest BCUT2D eigenvalue weighted by atomic mass is 19.3. The van der Waals surface area contributed by atoms with Crippen molar-refractivity contribution < 1.29 is 13.6 Å². The summed E-state index contributed by atoms with van der Waals surface area (Å²) in [7, 11) is 0. The Morgan fingerprint density at radius 3 is 2.55 bits per heavy atom. The highest BCUT2D eigenvalue weighted by Crippen LogP contribution is 2.46. The Hall–Kier alpha value is -1.66. The van der Waals surface area contributed by atoms with E-state index in [2.05, 4.69) is 14.9 Å². The molecule has 0 aromatic carbocycles. The van der Waals surface area contributed by atoms with Crippen LogP contribution in [0.5, 0.6) is 0 Å². The Kier molecular flexibility index (Phi) is 3.82. The zero-order valence-corrected chi connectivity index (χ0v) is 12.8. The van der Waals surface area contributed by atoms with Gasteiger partial charge in [0.25, 0.3) is 5.92 Å². The van der Waals surface area contributed by atoms with Crippen molar-refractivity contribution in [1.29, 1.82) is 0 Å². The lowest BCUT2D eigenvalue weighted by molar-refractivity contribution is -0.0470. The summed E-state index contributed by atoms with van der Waals surface area (Å²) in [5.74, 6) is -1.65. The molecule has 0 bridgehead atoms. The molecule has 2 fully saturated rings. The van der Waals surface area contributed by atoms with Gasteiger partial charge in [0.1, 0.15) is 5.82 Å². The maximum atomic E-state index is 13.1. The minimum absolute atomic E-state index is 0.0981. The van der Waals surface area contributed by atoms with Crippen LogP contribution in [0.15, 0.2) is 12.4 Å². The number of alkyl halides is 2. The first-order chi connectivity index (χ1) is 10.4. The Morgan fingerprint density at radius 2 is 2.00 bits per heavy atom. The van der Waals surface area contributed by atoms with Crippen molar-refractivity contribution in [1.82, 2.24) is 19.8 Å². The van der Waals surface area contributed by atoms with E-state index in [0.717, 1.165) is 25.2 Å². The predicted molar refractivity (Wildman–Crippen MR) is 77.8 cm³/mol. The molecule has 3 rings (SSSR count). The molecule has 0 atom stereocenters. The molecule has 2 amide bonds. The fourth-order valence-electron chi connectivity index (χ4n) is 2.91. The van der Waals surface area contributed by atoms with Crippen molar-refractivity contribution >= 4 is 6.03 Å². The molecule has 1 N–H and O–H groups in total. The van der Waals surface area contributed by atoms with Gasteiger partial charge in [0.2, 0.25) is 0 Å². The maximum absolute atomic E-state index is 13.1. The lowest BCUT2D eigenvalue weighted by atomic mass is 10.1. The smallest absolute Gasteiger partial charge is 0.317 e. The van der Waals surface area contributed by atoms with Crippen LogP contribution in [-0.4, -0.2) is 46.0 Å². The van der Waals surface area contributed by atoms with E-state index < -0.39 is 5.92 Å². The number of amides is 2. The number of hydrogen-bond donors (Lipinski definition) is 1. The summed E-state index contributed by atoms with van der Waals surface area (Å²) in [5.41, 5.74) is 0.0981. The van der Waals surface area contributed by atoms with Crippen molar-refractivity contribution in [2.45, 2.75) is 45.1 Å². The van der Waals surface area contributed by atoms with Gasteiger partial charge in [-0.3, -0.25) is 0 Å². The van der Waals surface area contributed by atoms with Crippen LogP contribution < -0.4 is 5.32 Å². The molecule has 1 aliphatic carbocycles. The second-order valence-corrected chi connectivity index (χ2v) is 6.60. The van der Waals surface area contributed by atoms with Gasteiger partial charge in [-0.05, 0) is 19.8 Å². The number of halogens is 2. The summed E-state index contributed by atoms with van der Waals surface area (Å²) >= 11 is 0. The quantitative estimate of drug-likeness (QED) is 0.928. The van der Waals surface area contributed by atoms with Gasteiger partial charge >= 0.3 is 6.03 Å². The highest BCUT2D eigenvalue weighted by Gasteiger charge is 2.44. The molecule has 2 heterocycles. The fourth-order valence-corrected chi connectivity index (χ4v) is 2.91. The van der Waals surface area contributed by atoms with Gasteiger partial charge < -0.3 is 14.8 Å². The number of nitrogens with zero attached hydrogens (tertiary/aromatic N) is 3. The molecular formula is C15H22F2N4O. The molecule has 1 aromatic heterocycles. The molecule has 0 spiro atoms. The van der Waals surface area contributed by atoms with Crippen LogP contribution in [0, 0.1) is 12.3 Å².